The van der Waals surface area contributed by atoms with E-state index in [2.05, 4.69) is 76.8 Å². The van der Waals surface area contributed by atoms with Crippen LogP contribution in [-0.4, -0.2) is 28.3 Å². The minimum absolute atomic E-state index is 0.205. The number of benzene rings is 1. The molecular weight excluding hydrogens is 309 g/mol. The first kappa shape index (κ1) is 18.0. The largest absolute Gasteiger partial charge is 0.374 e. The Morgan fingerprint density at radius 1 is 0.875 bits per heavy atom. The Morgan fingerprint density at radius 3 is 2.04 bits per heavy atom. The molecule has 0 radical (unpaired) electrons. The lowest BCUT2D eigenvalue weighted by atomic mass is 10.1. The maximum atomic E-state index is 2.71. The maximum absolute atomic E-state index is 2.71. The van der Waals surface area contributed by atoms with Gasteiger partial charge in [-0.25, -0.2) is 0 Å². The van der Waals surface area contributed by atoms with Crippen LogP contribution in [0.3, 0.4) is 0 Å². The predicted octanol–water partition coefficient (Wildman–Crippen LogP) is 6.65. The molecule has 0 amide bonds. The number of allylic oxidation sites excluding steroid dienone is 1. The van der Waals surface area contributed by atoms with E-state index < -0.39 is 0 Å². The monoisotopic (exact) mass is 343 g/mol. The van der Waals surface area contributed by atoms with Crippen molar-refractivity contribution in [2.24, 2.45) is 0 Å². The van der Waals surface area contributed by atoms with E-state index in [0.717, 1.165) is 0 Å². The van der Waals surface area contributed by atoms with E-state index in [9.17, 15) is 0 Å². The van der Waals surface area contributed by atoms with Crippen LogP contribution in [0, 0.1) is 0 Å². The first-order valence-corrected chi connectivity index (χ1v) is 11.0. The minimum atomic E-state index is -0.205. The van der Waals surface area contributed by atoms with Crippen LogP contribution < -0.4 is 0 Å². The second-order valence-corrected chi connectivity index (χ2v) is 13.3. The molecule has 0 saturated carbocycles. The number of hydrogen-bond acceptors (Lipinski definition) is 1. The molecule has 0 N–H and O–H groups in total. The molecule has 3 rings (SSSR count). The summed E-state index contributed by atoms with van der Waals surface area (Å²) >= 11 is 0. The average Bonchev–Trinajstić information content (AvgIpc) is 2.85. The molecule has 1 aliphatic heterocycles. The number of fused-ring (bicyclic) bond motifs is 1. The van der Waals surface area contributed by atoms with Gasteiger partial charge in [0, 0.05) is 24.4 Å². The number of nitrogens with zero attached hydrogens (tertiary/aromatic N) is 1. The van der Waals surface area contributed by atoms with Crippen LogP contribution in [0.15, 0.2) is 30.0 Å². The summed E-state index contributed by atoms with van der Waals surface area (Å²) in [5.41, 5.74) is 5.25. The SMILES string of the molecule is CC(C)(C)P(C1C(N2CCCCC2)=Cc2ccccc21)C(C)(C)C. The summed E-state index contributed by atoms with van der Waals surface area (Å²) in [6.45, 7) is 17.2. The van der Waals surface area contributed by atoms with E-state index in [1.54, 1.807) is 11.3 Å². The van der Waals surface area contributed by atoms with Gasteiger partial charge in [0.1, 0.15) is 0 Å². The zero-order chi connectivity index (χ0) is 17.5. The van der Waals surface area contributed by atoms with Crippen molar-refractivity contribution in [1.82, 2.24) is 4.90 Å². The lowest BCUT2D eigenvalue weighted by molar-refractivity contribution is 0.281. The zero-order valence-electron chi connectivity index (χ0n) is 16.4. The van der Waals surface area contributed by atoms with E-state index in [-0.39, 0.29) is 7.92 Å². The van der Waals surface area contributed by atoms with Crippen molar-refractivity contribution in [3.63, 3.8) is 0 Å². The third-order valence-electron chi connectivity index (χ3n) is 5.30. The van der Waals surface area contributed by atoms with Gasteiger partial charge in [-0.3, -0.25) is 0 Å². The van der Waals surface area contributed by atoms with E-state index in [1.165, 1.54) is 37.9 Å². The molecule has 1 nitrogen and oxygen atoms in total. The van der Waals surface area contributed by atoms with Crippen LogP contribution in [0.1, 0.15) is 77.6 Å². The standard InChI is InChI=1S/C22H34NP/c1-21(2,3)24(22(4,5)6)20-18-13-9-8-12-17(18)16-19(20)23-14-10-7-11-15-23/h8-9,12-13,16,20H,7,10-11,14-15H2,1-6H3. The fourth-order valence-corrected chi connectivity index (χ4v) is 9.33. The van der Waals surface area contributed by atoms with Gasteiger partial charge in [0.25, 0.3) is 0 Å². The Bertz CT molecular complexity index is 598. The first-order valence-electron chi connectivity index (χ1n) is 9.54. The predicted molar refractivity (Wildman–Crippen MR) is 109 cm³/mol. The molecule has 2 heteroatoms. The van der Waals surface area contributed by atoms with Crippen molar-refractivity contribution in [3.8, 4) is 0 Å². The van der Waals surface area contributed by atoms with E-state index in [0.29, 0.717) is 16.0 Å². The van der Waals surface area contributed by atoms with Gasteiger partial charge in [0.2, 0.25) is 0 Å². The van der Waals surface area contributed by atoms with Gasteiger partial charge in [-0.05, 0) is 46.8 Å². The van der Waals surface area contributed by atoms with Crippen molar-refractivity contribution in [2.75, 3.05) is 13.1 Å². The van der Waals surface area contributed by atoms with Crippen LogP contribution in [-0.2, 0) is 0 Å². The van der Waals surface area contributed by atoms with Crippen molar-refractivity contribution >= 4 is 14.0 Å². The number of likely N-dealkylation sites (tertiary alicyclic amines) is 1. The maximum Gasteiger partial charge on any atom is 0.0456 e. The third-order valence-corrected chi connectivity index (χ3v) is 9.25. The molecule has 1 aromatic carbocycles. The molecule has 2 aliphatic rings. The van der Waals surface area contributed by atoms with Gasteiger partial charge in [-0.15, -0.1) is 0 Å². The Morgan fingerprint density at radius 2 is 1.46 bits per heavy atom. The van der Waals surface area contributed by atoms with Crippen LogP contribution in [0.4, 0.5) is 0 Å². The lowest BCUT2D eigenvalue weighted by Gasteiger charge is -2.48. The molecule has 1 heterocycles. The van der Waals surface area contributed by atoms with Crippen molar-refractivity contribution in [3.05, 3.63) is 41.1 Å². The second-order valence-electron chi connectivity index (χ2n) is 9.36. The quantitative estimate of drug-likeness (QED) is 0.544. The van der Waals surface area contributed by atoms with Crippen molar-refractivity contribution < 1.29 is 0 Å². The number of rotatable bonds is 2. The topological polar surface area (TPSA) is 3.24 Å². The lowest BCUT2D eigenvalue weighted by Crippen LogP contribution is -2.34. The van der Waals surface area contributed by atoms with Gasteiger partial charge in [-0.2, -0.15) is 0 Å². The highest BCUT2D eigenvalue weighted by Crippen LogP contribution is 2.72. The molecule has 0 aromatic heterocycles. The summed E-state index contributed by atoms with van der Waals surface area (Å²) in [5, 5.41) is 0.676. The number of hydrogen-bond donors (Lipinski definition) is 0. The molecule has 1 aliphatic carbocycles. The molecule has 24 heavy (non-hydrogen) atoms. The molecule has 1 saturated heterocycles. The smallest absolute Gasteiger partial charge is 0.0456 e. The molecule has 1 atom stereocenters. The number of piperidine rings is 1. The summed E-state index contributed by atoms with van der Waals surface area (Å²) in [6, 6.07) is 9.14. The Balaban J connectivity index is 2.08. The van der Waals surface area contributed by atoms with Crippen molar-refractivity contribution in [1.29, 1.82) is 0 Å². The molecule has 0 spiro atoms. The summed E-state index contributed by atoms with van der Waals surface area (Å²) in [7, 11) is -0.205. The van der Waals surface area contributed by atoms with Crippen molar-refractivity contribution in [2.45, 2.75) is 76.8 Å². The second kappa shape index (κ2) is 6.49. The van der Waals surface area contributed by atoms with E-state index in [1.807, 2.05) is 0 Å². The Kier molecular flexibility index (Phi) is 4.86. The minimum Gasteiger partial charge on any atom is -0.374 e. The third kappa shape index (κ3) is 3.43. The fourth-order valence-electron chi connectivity index (χ4n) is 4.76. The normalized spacial score (nSPS) is 21.9. The van der Waals surface area contributed by atoms with Gasteiger partial charge in [0.05, 0.1) is 0 Å². The molecule has 1 unspecified atom stereocenters. The van der Waals surface area contributed by atoms with E-state index in [4.69, 9.17) is 0 Å². The van der Waals surface area contributed by atoms with Gasteiger partial charge < -0.3 is 4.90 Å². The summed E-state index contributed by atoms with van der Waals surface area (Å²) in [6.07, 6.45) is 6.61. The van der Waals surface area contributed by atoms with E-state index >= 15 is 0 Å². The average molecular weight is 343 g/mol. The zero-order valence-corrected chi connectivity index (χ0v) is 17.3. The van der Waals surface area contributed by atoms with Crippen LogP contribution in [0.5, 0.6) is 0 Å². The molecule has 1 aromatic rings. The Labute approximate surface area is 150 Å². The summed E-state index contributed by atoms with van der Waals surface area (Å²) in [4.78, 5) is 2.71. The van der Waals surface area contributed by atoms with Gasteiger partial charge in [0.15, 0.2) is 0 Å². The van der Waals surface area contributed by atoms with Gasteiger partial charge >= 0.3 is 0 Å². The highest BCUT2D eigenvalue weighted by atomic mass is 31.1. The Hall–Kier alpha value is -0.810. The van der Waals surface area contributed by atoms with Crippen LogP contribution in [0.25, 0.3) is 6.08 Å². The highest BCUT2D eigenvalue weighted by molar-refractivity contribution is 7.61. The van der Waals surface area contributed by atoms with Gasteiger partial charge in [-0.1, -0.05) is 73.7 Å². The molecular formula is C22H34NP. The summed E-state index contributed by atoms with van der Waals surface area (Å²) < 4.78 is 0. The van der Waals surface area contributed by atoms with Crippen LogP contribution in [0.2, 0.25) is 0 Å². The highest BCUT2D eigenvalue weighted by Gasteiger charge is 2.45. The molecule has 132 valence electrons. The fraction of sp³-hybridized carbons (Fsp3) is 0.636. The summed E-state index contributed by atoms with van der Waals surface area (Å²) in [5.74, 6) is 0. The molecule has 0 bridgehead atoms. The first-order chi connectivity index (χ1) is 11.2. The molecule has 1 fully saturated rings. The van der Waals surface area contributed by atoms with Crippen LogP contribution >= 0.6 is 7.92 Å².